The summed E-state index contributed by atoms with van der Waals surface area (Å²) in [6, 6.07) is 6.16. The van der Waals surface area contributed by atoms with Crippen LogP contribution in [-0.4, -0.2) is 59.7 Å². The first kappa shape index (κ1) is 19.3. The average molecular weight is 409 g/mol. The number of rotatable bonds is 7. The summed E-state index contributed by atoms with van der Waals surface area (Å²) in [5.74, 6) is 3.31. The van der Waals surface area contributed by atoms with E-state index in [0.29, 0.717) is 19.1 Å². The molecule has 0 bridgehead atoms. The SMILES string of the molecule is O=C(CCCC[C@H]1CCSS1)N1CCN(Cc2ccc3c(c2)OCO3)CC1. The third-order valence-corrected chi connectivity index (χ3v) is 8.47. The summed E-state index contributed by atoms with van der Waals surface area (Å²) >= 11 is 0. The highest BCUT2D eigenvalue weighted by Crippen LogP contribution is 2.40. The van der Waals surface area contributed by atoms with Gasteiger partial charge in [0, 0.05) is 50.1 Å². The van der Waals surface area contributed by atoms with Crippen LogP contribution < -0.4 is 9.47 Å². The second-order valence-electron chi connectivity index (χ2n) is 7.42. The molecule has 1 aromatic carbocycles. The number of hydrogen-bond donors (Lipinski definition) is 0. The zero-order chi connectivity index (χ0) is 18.5. The lowest BCUT2D eigenvalue weighted by molar-refractivity contribution is -0.133. The second-order valence-corrected chi connectivity index (χ2v) is 10.2. The summed E-state index contributed by atoms with van der Waals surface area (Å²) in [5, 5.41) is 0.824. The smallest absolute Gasteiger partial charge is 0.231 e. The maximum Gasteiger partial charge on any atom is 0.231 e. The van der Waals surface area contributed by atoms with Gasteiger partial charge >= 0.3 is 0 Å². The van der Waals surface area contributed by atoms with Crippen molar-refractivity contribution in [2.45, 2.75) is 43.9 Å². The summed E-state index contributed by atoms with van der Waals surface area (Å²) in [7, 11) is 4.04. The molecule has 0 spiro atoms. The van der Waals surface area contributed by atoms with Crippen molar-refractivity contribution in [1.29, 1.82) is 0 Å². The number of nitrogens with zero attached hydrogens (tertiary/aromatic N) is 2. The predicted octanol–water partition coefficient (Wildman–Crippen LogP) is 3.77. The number of carbonyl (C=O) groups excluding carboxylic acids is 1. The Labute approximate surface area is 169 Å². The molecule has 2 saturated heterocycles. The quantitative estimate of drug-likeness (QED) is 0.505. The fraction of sp³-hybridized carbons (Fsp3) is 0.650. The molecule has 0 N–H and O–H groups in total. The van der Waals surface area contributed by atoms with Crippen LogP contribution in [-0.2, 0) is 11.3 Å². The van der Waals surface area contributed by atoms with E-state index in [1.54, 1.807) is 0 Å². The number of piperazine rings is 1. The van der Waals surface area contributed by atoms with Gasteiger partial charge in [0.15, 0.2) is 11.5 Å². The molecule has 1 amide bonds. The lowest BCUT2D eigenvalue weighted by Crippen LogP contribution is -2.48. The molecule has 7 heteroatoms. The van der Waals surface area contributed by atoms with Crippen LogP contribution >= 0.6 is 21.6 Å². The van der Waals surface area contributed by atoms with E-state index >= 15 is 0 Å². The maximum atomic E-state index is 12.5. The molecule has 0 unspecified atom stereocenters. The minimum Gasteiger partial charge on any atom is -0.454 e. The van der Waals surface area contributed by atoms with E-state index in [2.05, 4.69) is 21.9 Å². The van der Waals surface area contributed by atoms with Gasteiger partial charge in [-0.25, -0.2) is 0 Å². The molecular formula is C20H28N2O3S2. The predicted molar refractivity (Wildman–Crippen MR) is 111 cm³/mol. The first-order valence-electron chi connectivity index (χ1n) is 9.95. The Kier molecular flexibility index (Phi) is 6.73. The number of carbonyl (C=O) groups is 1. The molecule has 4 rings (SSSR count). The van der Waals surface area contributed by atoms with Gasteiger partial charge in [-0.05, 0) is 37.0 Å². The van der Waals surface area contributed by atoms with Gasteiger partial charge in [-0.15, -0.1) is 0 Å². The highest BCUT2D eigenvalue weighted by Gasteiger charge is 2.22. The van der Waals surface area contributed by atoms with Crippen LogP contribution in [0.15, 0.2) is 18.2 Å². The zero-order valence-electron chi connectivity index (χ0n) is 15.7. The van der Waals surface area contributed by atoms with E-state index in [4.69, 9.17) is 9.47 Å². The zero-order valence-corrected chi connectivity index (χ0v) is 17.4. The molecule has 1 aromatic rings. The highest BCUT2D eigenvalue weighted by atomic mass is 33.1. The lowest BCUT2D eigenvalue weighted by atomic mass is 10.1. The van der Waals surface area contributed by atoms with Gasteiger partial charge in [0.25, 0.3) is 0 Å². The molecule has 5 nitrogen and oxygen atoms in total. The van der Waals surface area contributed by atoms with Crippen LogP contribution in [0.4, 0.5) is 0 Å². The molecule has 0 radical (unpaired) electrons. The monoisotopic (exact) mass is 408 g/mol. The Morgan fingerprint density at radius 1 is 1.11 bits per heavy atom. The summed E-state index contributed by atoms with van der Waals surface area (Å²) in [4.78, 5) is 16.9. The Morgan fingerprint density at radius 3 is 2.78 bits per heavy atom. The molecule has 0 aliphatic carbocycles. The normalized spacial score (nSPS) is 22.4. The van der Waals surface area contributed by atoms with E-state index in [9.17, 15) is 4.79 Å². The standard InChI is InChI=1S/C20H28N2O3S2/c23-20(4-2-1-3-17-7-12-26-27-17)22-10-8-21(9-11-22)14-16-5-6-18-19(13-16)25-15-24-18/h5-6,13,17H,1-4,7-12,14-15H2/t17-/m0/s1. The molecule has 2 fully saturated rings. The van der Waals surface area contributed by atoms with E-state index < -0.39 is 0 Å². The summed E-state index contributed by atoms with van der Waals surface area (Å²) in [6.07, 6.45) is 5.56. The number of unbranched alkanes of at least 4 members (excludes halogenated alkanes) is 1. The van der Waals surface area contributed by atoms with Crippen LogP contribution in [0.5, 0.6) is 11.5 Å². The Bertz CT molecular complexity index is 644. The average Bonchev–Trinajstić information content (AvgIpc) is 3.37. The van der Waals surface area contributed by atoms with Crippen molar-refractivity contribution >= 4 is 27.5 Å². The molecular weight excluding hydrogens is 380 g/mol. The molecule has 1 atom stereocenters. The molecule has 148 valence electrons. The molecule has 3 heterocycles. The van der Waals surface area contributed by atoms with Crippen LogP contribution in [0.25, 0.3) is 0 Å². The minimum absolute atomic E-state index is 0.317. The number of fused-ring (bicyclic) bond motifs is 1. The maximum absolute atomic E-state index is 12.5. The van der Waals surface area contributed by atoms with Gasteiger partial charge in [-0.3, -0.25) is 9.69 Å². The van der Waals surface area contributed by atoms with Crippen molar-refractivity contribution in [1.82, 2.24) is 9.80 Å². The van der Waals surface area contributed by atoms with Crippen molar-refractivity contribution < 1.29 is 14.3 Å². The minimum atomic E-state index is 0.317. The highest BCUT2D eigenvalue weighted by molar-refractivity contribution is 8.77. The molecule has 0 saturated carbocycles. The van der Waals surface area contributed by atoms with Crippen LogP contribution in [0.3, 0.4) is 0 Å². The summed E-state index contributed by atoms with van der Waals surface area (Å²) in [6.45, 7) is 4.79. The topological polar surface area (TPSA) is 42.0 Å². The second kappa shape index (κ2) is 9.43. The van der Waals surface area contributed by atoms with Crippen molar-refractivity contribution in [3.63, 3.8) is 0 Å². The van der Waals surface area contributed by atoms with Crippen molar-refractivity contribution in [3.8, 4) is 11.5 Å². The molecule has 3 aliphatic rings. The summed E-state index contributed by atoms with van der Waals surface area (Å²) < 4.78 is 10.8. The van der Waals surface area contributed by atoms with Crippen LogP contribution in [0.1, 0.15) is 37.7 Å². The van der Waals surface area contributed by atoms with Gasteiger partial charge < -0.3 is 14.4 Å². The summed E-state index contributed by atoms with van der Waals surface area (Å²) in [5.41, 5.74) is 1.24. The van der Waals surface area contributed by atoms with Gasteiger partial charge in [0.1, 0.15) is 0 Å². The van der Waals surface area contributed by atoms with Crippen LogP contribution in [0.2, 0.25) is 0 Å². The van der Waals surface area contributed by atoms with Gasteiger partial charge in [-0.2, -0.15) is 0 Å². The Morgan fingerprint density at radius 2 is 1.96 bits per heavy atom. The van der Waals surface area contributed by atoms with Gasteiger partial charge in [0.05, 0.1) is 0 Å². The molecule has 0 aromatic heterocycles. The number of amides is 1. The van der Waals surface area contributed by atoms with Crippen molar-refractivity contribution in [3.05, 3.63) is 23.8 Å². The fourth-order valence-electron chi connectivity index (χ4n) is 3.82. The van der Waals surface area contributed by atoms with E-state index in [0.717, 1.165) is 55.9 Å². The Balaban J connectivity index is 1.14. The Hall–Kier alpha value is -1.05. The fourth-order valence-corrected chi connectivity index (χ4v) is 6.85. The van der Waals surface area contributed by atoms with Gasteiger partial charge in [0.2, 0.25) is 12.7 Å². The van der Waals surface area contributed by atoms with Gasteiger partial charge in [-0.1, -0.05) is 34.1 Å². The van der Waals surface area contributed by atoms with Crippen molar-refractivity contribution in [2.24, 2.45) is 0 Å². The third-order valence-electron chi connectivity index (χ3n) is 5.46. The lowest BCUT2D eigenvalue weighted by Gasteiger charge is -2.35. The van der Waals surface area contributed by atoms with E-state index in [1.165, 1.54) is 30.6 Å². The molecule has 27 heavy (non-hydrogen) atoms. The number of hydrogen-bond acceptors (Lipinski definition) is 6. The first-order chi connectivity index (χ1) is 13.3. The third kappa shape index (κ3) is 5.27. The van der Waals surface area contributed by atoms with Crippen molar-refractivity contribution in [2.75, 3.05) is 38.7 Å². The number of ether oxygens (including phenoxy) is 2. The number of benzene rings is 1. The first-order valence-corrected chi connectivity index (χ1v) is 12.3. The molecule has 3 aliphatic heterocycles. The van der Waals surface area contributed by atoms with Crippen LogP contribution in [0, 0.1) is 0 Å². The largest absolute Gasteiger partial charge is 0.454 e. The van der Waals surface area contributed by atoms with E-state index in [1.807, 2.05) is 27.7 Å². The van der Waals surface area contributed by atoms with E-state index in [-0.39, 0.29) is 0 Å².